The number of thioether (sulfide) groups is 1. The van der Waals surface area contributed by atoms with Gasteiger partial charge >= 0.3 is 0 Å². The van der Waals surface area contributed by atoms with Crippen molar-refractivity contribution < 1.29 is 9.66 Å². The Bertz CT molecular complexity index is 882. The van der Waals surface area contributed by atoms with E-state index in [1.165, 1.54) is 23.9 Å². The summed E-state index contributed by atoms with van der Waals surface area (Å²) >= 11 is 1.35. The molecule has 4 atom stereocenters. The normalized spacial score (nSPS) is 38.9. The molecule has 120 valence electrons. The number of nitrogens with two attached hydrogens (primary N) is 1. The molecule has 1 aromatic carbocycles. The van der Waals surface area contributed by atoms with Gasteiger partial charge in [0.15, 0.2) is 5.41 Å². The highest BCUT2D eigenvalue weighted by Crippen LogP contribution is 2.84. The maximum absolute atomic E-state index is 11.1. The lowest BCUT2D eigenvalue weighted by molar-refractivity contribution is -0.384. The fourth-order valence-electron chi connectivity index (χ4n) is 4.04. The molecule has 9 heteroatoms. The molecule has 1 saturated heterocycles. The Hall–Kier alpha value is -2.62. The van der Waals surface area contributed by atoms with Crippen molar-refractivity contribution in [1.29, 1.82) is 10.5 Å². The summed E-state index contributed by atoms with van der Waals surface area (Å²) in [5.41, 5.74) is 3.91. The molecule has 0 bridgehead atoms. The number of nitrogens with zero attached hydrogens (tertiary/aromatic N) is 4. The number of nitriles is 2. The van der Waals surface area contributed by atoms with Crippen molar-refractivity contribution in [1.82, 2.24) is 0 Å². The Balaban J connectivity index is 1.91. The van der Waals surface area contributed by atoms with E-state index in [4.69, 9.17) is 10.5 Å². The Morgan fingerprint density at radius 3 is 2.83 bits per heavy atom. The van der Waals surface area contributed by atoms with E-state index in [-0.39, 0.29) is 11.5 Å². The van der Waals surface area contributed by atoms with Crippen LogP contribution in [-0.2, 0) is 4.74 Å². The lowest BCUT2D eigenvalue weighted by atomic mass is 9.95. The number of amidine groups is 1. The van der Waals surface area contributed by atoms with E-state index in [0.29, 0.717) is 17.9 Å². The number of hydrogen-bond donors (Lipinski definition) is 1. The predicted molar refractivity (Wildman–Crippen MR) is 84.7 cm³/mol. The lowest BCUT2D eigenvalue weighted by Gasteiger charge is -2.26. The Morgan fingerprint density at radius 2 is 2.25 bits per heavy atom. The smallest absolute Gasteiger partial charge is 0.269 e. The summed E-state index contributed by atoms with van der Waals surface area (Å²) < 4.78 is 5.76. The monoisotopic (exact) mass is 341 g/mol. The second kappa shape index (κ2) is 4.47. The molecule has 1 aromatic rings. The number of hydrogen-bond acceptors (Lipinski definition) is 8. The van der Waals surface area contributed by atoms with Crippen molar-refractivity contribution in [2.45, 2.75) is 11.0 Å². The van der Waals surface area contributed by atoms with E-state index in [1.807, 2.05) is 0 Å². The summed E-state index contributed by atoms with van der Waals surface area (Å²) in [6.45, 7) is 0.411. The molecule has 8 nitrogen and oxygen atoms in total. The predicted octanol–water partition coefficient (Wildman–Crippen LogP) is 1.50. The van der Waals surface area contributed by atoms with Crippen LogP contribution in [-0.4, -0.2) is 28.2 Å². The molecular weight excluding hydrogens is 330 g/mol. The number of ether oxygens (including phenoxy) is 1. The number of nitro groups is 1. The van der Waals surface area contributed by atoms with E-state index in [0.717, 1.165) is 0 Å². The second-order valence-electron chi connectivity index (χ2n) is 5.90. The minimum atomic E-state index is -1.31. The number of rotatable bonds is 2. The summed E-state index contributed by atoms with van der Waals surface area (Å²) in [6, 6.07) is 10.4. The molecule has 0 radical (unpaired) electrons. The second-order valence-corrected chi connectivity index (χ2v) is 7.15. The van der Waals surface area contributed by atoms with Crippen molar-refractivity contribution in [2.75, 3.05) is 12.4 Å². The molecule has 4 rings (SSSR count). The summed E-state index contributed by atoms with van der Waals surface area (Å²) in [4.78, 5) is 14.9. The number of fused-ring (bicyclic) bond motifs is 2. The van der Waals surface area contributed by atoms with Gasteiger partial charge in [0.2, 0.25) is 5.06 Å². The zero-order chi connectivity index (χ0) is 17.2. The Kier molecular flexibility index (Phi) is 2.78. The van der Waals surface area contributed by atoms with Crippen LogP contribution in [0.25, 0.3) is 0 Å². The molecule has 3 aliphatic rings. The van der Waals surface area contributed by atoms with Gasteiger partial charge in [0.05, 0.1) is 23.7 Å². The van der Waals surface area contributed by atoms with Gasteiger partial charge in [-0.15, -0.1) is 0 Å². The van der Waals surface area contributed by atoms with Gasteiger partial charge in [0, 0.05) is 23.8 Å². The van der Waals surface area contributed by atoms with Gasteiger partial charge < -0.3 is 10.5 Å². The molecule has 0 amide bonds. The quantitative estimate of drug-likeness (QED) is 0.635. The Labute approximate surface area is 141 Å². The van der Waals surface area contributed by atoms with E-state index < -0.39 is 26.7 Å². The molecule has 2 heterocycles. The highest BCUT2D eigenvalue weighted by atomic mass is 32.2. The van der Waals surface area contributed by atoms with Crippen LogP contribution in [0.15, 0.2) is 29.3 Å². The number of aliphatic imine (C=N–C) groups is 1. The molecule has 1 aliphatic carbocycles. The highest BCUT2D eigenvalue weighted by Gasteiger charge is 2.93. The van der Waals surface area contributed by atoms with Crippen LogP contribution in [0.3, 0.4) is 0 Å². The summed E-state index contributed by atoms with van der Waals surface area (Å²) in [5, 5.41) is 29.6. The molecular formula is C15H11N5O3S. The third kappa shape index (κ3) is 1.36. The van der Waals surface area contributed by atoms with Crippen molar-refractivity contribution in [3.05, 3.63) is 39.9 Å². The lowest BCUT2D eigenvalue weighted by Crippen LogP contribution is -2.34. The maximum Gasteiger partial charge on any atom is 0.269 e. The zero-order valence-electron chi connectivity index (χ0n) is 12.3. The van der Waals surface area contributed by atoms with E-state index >= 15 is 0 Å². The third-order valence-electron chi connectivity index (χ3n) is 5.02. The average molecular weight is 341 g/mol. The molecule has 2 aliphatic heterocycles. The van der Waals surface area contributed by atoms with Gasteiger partial charge in [-0.2, -0.15) is 10.5 Å². The number of non-ortho nitro benzene ring substituents is 1. The fraction of sp³-hybridized carbons (Fsp3) is 0.400. The van der Waals surface area contributed by atoms with E-state index in [9.17, 15) is 20.6 Å². The summed E-state index contributed by atoms with van der Waals surface area (Å²) in [6.07, 6.45) is 0. The van der Waals surface area contributed by atoms with Gasteiger partial charge in [-0.3, -0.25) is 10.1 Å². The molecule has 24 heavy (non-hydrogen) atoms. The van der Waals surface area contributed by atoms with Crippen LogP contribution in [0, 0.1) is 43.6 Å². The van der Waals surface area contributed by atoms with Crippen LogP contribution in [0.5, 0.6) is 0 Å². The number of benzene rings is 1. The van der Waals surface area contributed by atoms with Crippen molar-refractivity contribution in [3.63, 3.8) is 0 Å². The standard InChI is InChI=1S/C15H11N5O3S/c16-7-13-11(9-2-1-3-10(6-9)20(21)22)14(13,8-17)15(19-12(13)18)23-4-5-24-15/h1-3,6,11H,4-5H2,(H2,18,19)/t11-,13+,14+,15+/m0/s1. The van der Waals surface area contributed by atoms with Gasteiger partial charge in [-0.25, -0.2) is 4.99 Å². The fourth-order valence-corrected chi connectivity index (χ4v) is 5.36. The van der Waals surface area contributed by atoms with Gasteiger partial charge in [-0.1, -0.05) is 23.9 Å². The van der Waals surface area contributed by atoms with Gasteiger partial charge in [-0.05, 0) is 5.56 Å². The van der Waals surface area contributed by atoms with E-state index in [1.54, 1.807) is 12.1 Å². The molecule has 2 N–H and O–H groups in total. The minimum absolute atomic E-state index is 0.0671. The van der Waals surface area contributed by atoms with Crippen molar-refractivity contribution in [2.24, 2.45) is 21.6 Å². The summed E-state index contributed by atoms with van der Waals surface area (Å²) in [7, 11) is 0. The maximum atomic E-state index is 11.1. The van der Waals surface area contributed by atoms with E-state index in [2.05, 4.69) is 17.1 Å². The molecule has 1 saturated carbocycles. The van der Waals surface area contributed by atoms with Crippen LogP contribution < -0.4 is 5.73 Å². The topological polar surface area (TPSA) is 138 Å². The highest BCUT2D eigenvalue weighted by molar-refractivity contribution is 8.00. The first-order chi connectivity index (χ1) is 11.5. The zero-order valence-corrected chi connectivity index (χ0v) is 13.1. The molecule has 0 aromatic heterocycles. The van der Waals surface area contributed by atoms with Crippen molar-refractivity contribution >= 4 is 23.3 Å². The van der Waals surface area contributed by atoms with Crippen LogP contribution in [0.4, 0.5) is 5.69 Å². The largest absolute Gasteiger partial charge is 0.386 e. The SMILES string of the molecule is N#C[C@@]12[C@@H](c3cccc([N+](=O)[O-])c3)[C@]1(C#N)C(N)=N[C@@]21OCCS1. The van der Waals surface area contributed by atoms with Crippen LogP contribution in [0.2, 0.25) is 0 Å². The van der Waals surface area contributed by atoms with Gasteiger partial charge in [0.1, 0.15) is 11.3 Å². The first-order valence-corrected chi connectivity index (χ1v) is 8.18. The molecule has 2 fully saturated rings. The first kappa shape index (κ1) is 14.9. The Morgan fingerprint density at radius 1 is 1.46 bits per heavy atom. The minimum Gasteiger partial charge on any atom is -0.386 e. The number of nitro benzene ring substituents is 1. The summed E-state index contributed by atoms with van der Waals surface area (Å²) in [5.74, 6) is 0.101. The molecule has 1 spiro atoms. The van der Waals surface area contributed by atoms with Gasteiger partial charge in [0.25, 0.3) is 5.69 Å². The molecule has 0 unspecified atom stereocenters. The van der Waals surface area contributed by atoms with Crippen LogP contribution >= 0.6 is 11.8 Å². The average Bonchev–Trinajstić information content (AvgIpc) is 2.84. The van der Waals surface area contributed by atoms with Crippen LogP contribution in [0.1, 0.15) is 11.5 Å². The third-order valence-corrected chi connectivity index (χ3v) is 6.31. The van der Waals surface area contributed by atoms with Crippen molar-refractivity contribution in [3.8, 4) is 12.1 Å². The first-order valence-electron chi connectivity index (χ1n) is 7.19.